The van der Waals surface area contributed by atoms with Gasteiger partial charge in [0.25, 0.3) is 0 Å². The Hall–Kier alpha value is -1.11. The summed E-state index contributed by atoms with van der Waals surface area (Å²) in [5.41, 5.74) is 0. The van der Waals surface area contributed by atoms with Gasteiger partial charge in [-0.2, -0.15) is 0 Å². The first-order valence-electron chi connectivity index (χ1n) is 7.44. The van der Waals surface area contributed by atoms with Crippen molar-refractivity contribution in [3.63, 3.8) is 0 Å². The van der Waals surface area contributed by atoms with Gasteiger partial charge in [-0.05, 0) is 18.8 Å². The number of amides is 2. The predicted molar refractivity (Wildman–Crippen MR) is 81.5 cm³/mol. The van der Waals surface area contributed by atoms with Crippen molar-refractivity contribution in [3.05, 3.63) is 0 Å². The molecule has 0 aliphatic carbocycles. The van der Waals surface area contributed by atoms with Crippen molar-refractivity contribution in [2.24, 2.45) is 5.92 Å². The first-order chi connectivity index (χ1) is 9.65. The third kappa shape index (κ3) is 5.30. The Morgan fingerprint density at radius 3 is 2.38 bits per heavy atom. The maximum atomic E-state index is 12.5. The zero-order valence-electron chi connectivity index (χ0n) is 13.3. The molecule has 0 radical (unpaired) electrons. The highest BCUT2D eigenvalue weighted by atomic mass is 32.2. The van der Waals surface area contributed by atoms with Crippen molar-refractivity contribution in [2.45, 2.75) is 52.1 Å². The van der Waals surface area contributed by atoms with Gasteiger partial charge < -0.3 is 10.2 Å². The van der Waals surface area contributed by atoms with Crippen LogP contribution in [0.25, 0.3) is 0 Å². The molecule has 0 aromatic heterocycles. The Bertz CT molecular complexity index is 487. The van der Waals surface area contributed by atoms with Crippen LogP contribution in [0.3, 0.4) is 0 Å². The Morgan fingerprint density at radius 2 is 1.90 bits per heavy atom. The van der Waals surface area contributed by atoms with E-state index in [0.717, 1.165) is 12.7 Å². The van der Waals surface area contributed by atoms with Crippen molar-refractivity contribution < 1.29 is 18.0 Å². The van der Waals surface area contributed by atoms with Gasteiger partial charge in [-0.25, -0.2) is 8.42 Å². The van der Waals surface area contributed by atoms with E-state index in [2.05, 4.69) is 5.32 Å². The Balaban J connectivity index is 2.91. The van der Waals surface area contributed by atoms with Crippen molar-refractivity contribution in [1.82, 2.24) is 10.2 Å². The Kier molecular flexibility index (Phi) is 6.19. The normalized spacial score (nSPS) is 23.6. The number of nitrogens with one attached hydrogen (secondary N) is 1. The number of sulfone groups is 1. The molecular formula is C14H26N2O4S. The summed E-state index contributed by atoms with van der Waals surface area (Å²) in [7, 11) is -3.17. The van der Waals surface area contributed by atoms with E-state index in [1.165, 1.54) is 4.90 Å². The van der Waals surface area contributed by atoms with Crippen LogP contribution in [0.4, 0.5) is 0 Å². The summed E-state index contributed by atoms with van der Waals surface area (Å²) in [6.07, 6.45) is 3.02. The minimum atomic E-state index is -3.17. The number of rotatable bonds is 7. The van der Waals surface area contributed by atoms with Crippen molar-refractivity contribution in [3.8, 4) is 0 Å². The molecule has 1 heterocycles. The number of nitrogens with zero attached hydrogens (tertiary/aromatic N) is 1. The molecule has 7 heteroatoms. The number of carbonyl (C=O) groups is 2. The lowest BCUT2D eigenvalue weighted by Gasteiger charge is -2.39. The molecule has 1 aliphatic heterocycles. The van der Waals surface area contributed by atoms with E-state index in [0.29, 0.717) is 12.8 Å². The van der Waals surface area contributed by atoms with Crippen molar-refractivity contribution >= 4 is 21.7 Å². The van der Waals surface area contributed by atoms with Crippen LogP contribution in [-0.4, -0.2) is 55.8 Å². The molecule has 1 aliphatic rings. The van der Waals surface area contributed by atoms with E-state index in [4.69, 9.17) is 0 Å². The first-order valence-corrected chi connectivity index (χ1v) is 9.50. The summed E-state index contributed by atoms with van der Waals surface area (Å²) < 4.78 is 22.7. The summed E-state index contributed by atoms with van der Waals surface area (Å²) in [6.45, 7) is 5.99. The number of carbonyl (C=O) groups excluding carboxylic acids is 2. The molecule has 2 amide bonds. The maximum Gasteiger partial charge on any atom is 0.245 e. The molecule has 0 aromatic carbocycles. The lowest BCUT2D eigenvalue weighted by atomic mass is 9.97. The van der Waals surface area contributed by atoms with E-state index in [9.17, 15) is 18.0 Å². The highest BCUT2D eigenvalue weighted by Crippen LogP contribution is 2.18. The van der Waals surface area contributed by atoms with E-state index < -0.39 is 21.9 Å². The zero-order valence-corrected chi connectivity index (χ0v) is 14.1. The summed E-state index contributed by atoms with van der Waals surface area (Å²) in [6, 6.07) is -1.09. The SMILES string of the molecule is CCCC1C(=O)NC(CC(C)C)C(=O)N1CCS(C)(=O)=O. The molecule has 0 saturated carbocycles. The fourth-order valence-electron chi connectivity index (χ4n) is 2.55. The zero-order chi connectivity index (χ0) is 16.2. The predicted octanol–water partition coefficient (Wildman–Crippen LogP) is 0.573. The highest BCUT2D eigenvalue weighted by molar-refractivity contribution is 7.90. The molecule has 0 bridgehead atoms. The van der Waals surface area contributed by atoms with Gasteiger partial charge in [0.2, 0.25) is 11.8 Å². The molecule has 2 unspecified atom stereocenters. The highest BCUT2D eigenvalue weighted by Gasteiger charge is 2.40. The second kappa shape index (κ2) is 7.24. The van der Waals surface area contributed by atoms with Crippen LogP contribution in [0.1, 0.15) is 40.0 Å². The van der Waals surface area contributed by atoms with Gasteiger partial charge in [0.1, 0.15) is 21.9 Å². The molecule has 1 rings (SSSR count). The van der Waals surface area contributed by atoms with Crippen LogP contribution in [0.15, 0.2) is 0 Å². The van der Waals surface area contributed by atoms with Gasteiger partial charge in [-0.3, -0.25) is 9.59 Å². The second-order valence-corrected chi connectivity index (χ2v) is 8.42. The third-order valence-electron chi connectivity index (χ3n) is 3.55. The Labute approximate surface area is 127 Å². The summed E-state index contributed by atoms with van der Waals surface area (Å²) in [4.78, 5) is 26.2. The number of piperazine rings is 1. The van der Waals surface area contributed by atoms with Crippen molar-refractivity contribution in [2.75, 3.05) is 18.6 Å². The van der Waals surface area contributed by atoms with Crippen LogP contribution in [0.5, 0.6) is 0 Å². The summed E-state index contributed by atoms with van der Waals surface area (Å²) in [5, 5.41) is 2.78. The monoisotopic (exact) mass is 318 g/mol. The van der Waals surface area contributed by atoms with Crippen LogP contribution < -0.4 is 5.32 Å². The molecule has 122 valence electrons. The van der Waals surface area contributed by atoms with Gasteiger partial charge in [-0.1, -0.05) is 27.2 Å². The van der Waals surface area contributed by atoms with Gasteiger partial charge in [-0.15, -0.1) is 0 Å². The average molecular weight is 318 g/mol. The minimum absolute atomic E-state index is 0.0876. The quantitative estimate of drug-likeness (QED) is 0.744. The maximum absolute atomic E-state index is 12.5. The van der Waals surface area contributed by atoms with Crippen LogP contribution in [-0.2, 0) is 19.4 Å². The van der Waals surface area contributed by atoms with Gasteiger partial charge in [0, 0.05) is 12.8 Å². The second-order valence-electron chi connectivity index (χ2n) is 6.16. The molecule has 6 nitrogen and oxygen atoms in total. The van der Waals surface area contributed by atoms with Gasteiger partial charge in [0.05, 0.1) is 5.75 Å². The van der Waals surface area contributed by atoms with E-state index in [-0.39, 0.29) is 30.0 Å². The standard InChI is InChI=1S/C14H26N2O4S/c1-5-6-12-13(17)15-11(9-10(2)3)14(18)16(12)7-8-21(4,19)20/h10-12H,5-9H2,1-4H3,(H,15,17). The van der Waals surface area contributed by atoms with Crippen molar-refractivity contribution in [1.29, 1.82) is 0 Å². The number of hydrogen-bond acceptors (Lipinski definition) is 4. The molecule has 1 saturated heterocycles. The van der Waals surface area contributed by atoms with Gasteiger partial charge >= 0.3 is 0 Å². The fraction of sp³-hybridized carbons (Fsp3) is 0.857. The molecule has 1 N–H and O–H groups in total. The van der Waals surface area contributed by atoms with Crippen LogP contribution >= 0.6 is 0 Å². The van der Waals surface area contributed by atoms with Gasteiger partial charge in [0.15, 0.2) is 0 Å². The van der Waals surface area contributed by atoms with E-state index in [1.54, 1.807) is 0 Å². The van der Waals surface area contributed by atoms with E-state index in [1.807, 2.05) is 20.8 Å². The molecule has 0 aromatic rings. The smallest absolute Gasteiger partial charge is 0.245 e. The lowest BCUT2D eigenvalue weighted by molar-refractivity contribution is -0.149. The van der Waals surface area contributed by atoms with Crippen LogP contribution in [0, 0.1) is 5.92 Å². The van der Waals surface area contributed by atoms with Crippen LogP contribution in [0.2, 0.25) is 0 Å². The fourth-order valence-corrected chi connectivity index (χ4v) is 3.08. The summed E-state index contributed by atoms with van der Waals surface area (Å²) in [5.74, 6) is -0.166. The summed E-state index contributed by atoms with van der Waals surface area (Å²) >= 11 is 0. The topological polar surface area (TPSA) is 83.6 Å². The third-order valence-corrected chi connectivity index (χ3v) is 4.47. The number of hydrogen-bond donors (Lipinski definition) is 1. The lowest BCUT2D eigenvalue weighted by Crippen LogP contribution is -2.64. The first kappa shape index (κ1) is 17.9. The largest absolute Gasteiger partial charge is 0.342 e. The van der Waals surface area contributed by atoms with E-state index >= 15 is 0 Å². The molecule has 2 atom stereocenters. The molecule has 0 spiro atoms. The average Bonchev–Trinajstić information content (AvgIpc) is 2.33. The molecular weight excluding hydrogens is 292 g/mol. The molecule has 1 fully saturated rings. The molecule has 21 heavy (non-hydrogen) atoms. The minimum Gasteiger partial charge on any atom is -0.342 e. The Morgan fingerprint density at radius 1 is 1.29 bits per heavy atom.